The van der Waals surface area contributed by atoms with Gasteiger partial charge in [-0.25, -0.2) is 4.79 Å². The summed E-state index contributed by atoms with van der Waals surface area (Å²) in [5, 5.41) is 3.09. The highest BCUT2D eigenvalue weighted by Gasteiger charge is 2.27. The molecule has 28 heavy (non-hydrogen) atoms. The number of hydrogen-bond acceptors (Lipinski definition) is 3. The molecule has 0 bridgehead atoms. The van der Waals surface area contributed by atoms with Crippen LogP contribution < -0.4 is 10.1 Å². The second-order valence-corrected chi connectivity index (χ2v) is 7.11. The van der Waals surface area contributed by atoms with E-state index in [-0.39, 0.29) is 36.9 Å². The first-order valence-electron chi connectivity index (χ1n) is 9.52. The first-order valence-corrected chi connectivity index (χ1v) is 9.52. The fraction of sp³-hybridized carbons (Fsp3) is 0.429. The monoisotopic (exact) mass is 423 g/mol. The van der Waals surface area contributed by atoms with E-state index in [9.17, 15) is 4.79 Å². The molecule has 1 aromatic heterocycles. The number of piperidine rings is 1. The van der Waals surface area contributed by atoms with Crippen LogP contribution in [0.3, 0.4) is 0 Å². The molecule has 7 heteroatoms. The Balaban J connectivity index is 0.00000140. The summed E-state index contributed by atoms with van der Waals surface area (Å²) < 4.78 is 5.85. The molecule has 1 unspecified atom stereocenters. The van der Waals surface area contributed by atoms with Gasteiger partial charge in [-0.1, -0.05) is 6.07 Å². The smallest absolute Gasteiger partial charge is 0.322 e. The maximum atomic E-state index is 12.8. The molecule has 1 aliphatic carbocycles. The number of carbonyl (C=O) groups is 1. The minimum atomic E-state index is -0.0255. The lowest BCUT2D eigenvalue weighted by Crippen LogP contribution is -2.48. The molecule has 1 atom stereocenters. The molecule has 1 fully saturated rings. The van der Waals surface area contributed by atoms with Crippen LogP contribution in [0.15, 0.2) is 42.7 Å². The van der Waals surface area contributed by atoms with Crippen molar-refractivity contribution in [3.8, 4) is 5.75 Å². The Morgan fingerprint density at radius 3 is 2.82 bits per heavy atom. The third-order valence-electron chi connectivity index (χ3n) is 5.31. The zero-order chi connectivity index (χ0) is 17.8. The number of halogens is 2. The summed E-state index contributed by atoms with van der Waals surface area (Å²) >= 11 is 0. The Morgan fingerprint density at radius 1 is 1.14 bits per heavy atom. The maximum Gasteiger partial charge on any atom is 0.322 e. The van der Waals surface area contributed by atoms with Crippen molar-refractivity contribution >= 4 is 36.5 Å². The molecule has 2 aliphatic rings. The molecule has 0 saturated carbocycles. The van der Waals surface area contributed by atoms with Crippen LogP contribution in [0.2, 0.25) is 0 Å². The van der Waals surface area contributed by atoms with Gasteiger partial charge in [0.15, 0.2) is 0 Å². The van der Waals surface area contributed by atoms with Gasteiger partial charge in [-0.05, 0) is 73.9 Å². The van der Waals surface area contributed by atoms with Gasteiger partial charge in [-0.2, -0.15) is 0 Å². The largest absolute Gasteiger partial charge is 0.490 e. The van der Waals surface area contributed by atoms with Gasteiger partial charge in [0, 0.05) is 18.4 Å². The van der Waals surface area contributed by atoms with E-state index in [4.69, 9.17) is 4.74 Å². The summed E-state index contributed by atoms with van der Waals surface area (Å²) in [6.07, 6.45) is 10.1. The number of aromatic nitrogens is 1. The number of rotatable bonds is 4. The number of benzene rings is 1. The zero-order valence-corrected chi connectivity index (χ0v) is 17.4. The molecular weight excluding hydrogens is 397 g/mol. The van der Waals surface area contributed by atoms with Crippen molar-refractivity contribution in [2.45, 2.75) is 44.6 Å². The van der Waals surface area contributed by atoms with Gasteiger partial charge in [0.05, 0.1) is 12.2 Å². The van der Waals surface area contributed by atoms with E-state index in [1.165, 1.54) is 17.5 Å². The summed E-state index contributed by atoms with van der Waals surface area (Å²) in [4.78, 5) is 18.8. The molecule has 152 valence electrons. The fourth-order valence-electron chi connectivity index (χ4n) is 3.91. The number of hydrogen-bond donors (Lipinski definition) is 1. The minimum Gasteiger partial charge on any atom is -0.490 e. The lowest BCUT2D eigenvalue weighted by Gasteiger charge is -2.35. The van der Waals surface area contributed by atoms with E-state index in [1.54, 1.807) is 12.4 Å². The van der Waals surface area contributed by atoms with Crippen LogP contribution >= 0.6 is 24.8 Å². The Hall–Kier alpha value is -1.98. The standard InChI is InChI=1S/C21H25N3O2.2ClH/c25-21(23-18-10-9-16-5-3-6-17(16)13-18)24-12-2-1-7-19(24)15-26-20-8-4-11-22-14-20;;/h4,8-11,13-14,19H,1-3,5-7,12,15H2,(H,23,25);2*1H. The van der Waals surface area contributed by atoms with Crippen LogP contribution in [-0.2, 0) is 12.8 Å². The van der Waals surface area contributed by atoms with E-state index in [0.717, 1.165) is 50.1 Å². The van der Waals surface area contributed by atoms with Crippen LogP contribution in [0.5, 0.6) is 5.75 Å². The molecule has 1 saturated heterocycles. The summed E-state index contributed by atoms with van der Waals surface area (Å²) in [5.74, 6) is 0.747. The van der Waals surface area contributed by atoms with Crippen molar-refractivity contribution in [1.29, 1.82) is 0 Å². The number of aryl methyl sites for hydroxylation is 2. The normalized spacial score (nSPS) is 17.7. The van der Waals surface area contributed by atoms with Gasteiger partial charge < -0.3 is 15.0 Å². The third kappa shape index (κ3) is 5.30. The van der Waals surface area contributed by atoms with Crippen molar-refractivity contribution < 1.29 is 9.53 Å². The second-order valence-electron chi connectivity index (χ2n) is 7.11. The predicted octanol–water partition coefficient (Wildman–Crippen LogP) is 4.88. The number of amides is 2. The number of fused-ring (bicyclic) bond motifs is 1. The van der Waals surface area contributed by atoms with Crippen LogP contribution in [0.25, 0.3) is 0 Å². The summed E-state index contributed by atoms with van der Waals surface area (Å²) in [5.41, 5.74) is 3.69. The van der Waals surface area contributed by atoms with Crippen LogP contribution in [-0.4, -0.2) is 35.1 Å². The number of anilines is 1. The number of likely N-dealkylation sites (tertiary alicyclic amines) is 1. The van der Waals surface area contributed by atoms with Crippen LogP contribution in [0, 0.1) is 0 Å². The van der Waals surface area contributed by atoms with Crippen molar-refractivity contribution in [2.24, 2.45) is 0 Å². The average Bonchev–Trinajstić information content (AvgIpc) is 3.15. The van der Waals surface area contributed by atoms with Gasteiger partial charge in [-0.3, -0.25) is 4.98 Å². The molecule has 0 radical (unpaired) electrons. The van der Waals surface area contributed by atoms with E-state index < -0.39 is 0 Å². The molecule has 1 aromatic carbocycles. The maximum absolute atomic E-state index is 12.8. The Labute approximate surface area is 178 Å². The zero-order valence-electron chi connectivity index (χ0n) is 15.8. The van der Waals surface area contributed by atoms with Gasteiger partial charge >= 0.3 is 6.03 Å². The highest BCUT2D eigenvalue weighted by Crippen LogP contribution is 2.26. The molecule has 4 rings (SSSR count). The highest BCUT2D eigenvalue weighted by atomic mass is 35.5. The number of nitrogens with zero attached hydrogens (tertiary/aromatic N) is 2. The molecule has 5 nitrogen and oxygen atoms in total. The SMILES string of the molecule is Cl.Cl.O=C(Nc1ccc2c(c1)CCC2)N1CCCCC1COc1cccnc1. The van der Waals surface area contributed by atoms with E-state index in [0.29, 0.717) is 6.61 Å². The fourth-order valence-corrected chi connectivity index (χ4v) is 3.91. The van der Waals surface area contributed by atoms with E-state index in [2.05, 4.69) is 22.4 Å². The van der Waals surface area contributed by atoms with Gasteiger partial charge in [0.2, 0.25) is 0 Å². The van der Waals surface area contributed by atoms with Crippen LogP contribution in [0.1, 0.15) is 36.8 Å². The number of nitrogens with one attached hydrogen (secondary N) is 1. The van der Waals surface area contributed by atoms with Crippen molar-refractivity contribution in [1.82, 2.24) is 9.88 Å². The summed E-state index contributed by atoms with van der Waals surface area (Å²) in [6, 6.07) is 10.1. The quantitative estimate of drug-likeness (QED) is 0.761. The molecule has 1 N–H and O–H groups in total. The molecule has 2 aromatic rings. The van der Waals surface area contributed by atoms with E-state index >= 15 is 0 Å². The van der Waals surface area contributed by atoms with E-state index in [1.807, 2.05) is 23.1 Å². The first-order chi connectivity index (χ1) is 12.8. The number of ether oxygens (including phenoxy) is 1. The van der Waals surface area contributed by atoms with Gasteiger partial charge in [0.1, 0.15) is 12.4 Å². The molecule has 1 aliphatic heterocycles. The topological polar surface area (TPSA) is 54.5 Å². The summed E-state index contributed by atoms with van der Waals surface area (Å²) in [6.45, 7) is 1.28. The predicted molar refractivity (Wildman–Crippen MR) is 116 cm³/mol. The molecule has 2 amide bonds. The molecule has 2 heterocycles. The second kappa shape index (κ2) is 10.5. The van der Waals surface area contributed by atoms with Gasteiger partial charge in [0.25, 0.3) is 0 Å². The Morgan fingerprint density at radius 2 is 2.00 bits per heavy atom. The Kier molecular flexibility index (Phi) is 8.39. The Bertz CT molecular complexity index is 774. The first kappa shape index (κ1) is 22.3. The lowest BCUT2D eigenvalue weighted by molar-refractivity contribution is 0.124. The number of pyridine rings is 1. The van der Waals surface area contributed by atoms with Crippen LogP contribution in [0.4, 0.5) is 10.5 Å². The van der Waals surface area contributed by atoms with Crippen molar-refractivity contribution in [3.05, 3.63) is 53.9 Å². The number of urea groups is 1. The highest BCUT2D eigenvalue weighted by molar-refractivity contribution is 5.89. The lowest BCUT2D eigenvalue weighted by atomic mass is 10.0. The van der Waals surface area contributed by atoms with Gasteiger partial charge in [-0.15, -0.1) is 24.8 Å². The molecule has 0 spiro atoms. The third-order valence-corrected chi connectivity index (χ3v) is 5.31. The van der Waals surface area contributed by atoms with Crippen molar-refractivity contribution in [3.63, 3.8) is 0 Å². The number of carbonyl (C=O) groups excluding carboxylic acids is 1. The van der Waals surface area contributed by atoms with Crippen molar-refractivity contribution in [2.75, 3.05) is 18.5 Å². The average molecular weight is 424 g/mol. The summed E-state index contributed by atoms with van der Waals surface area (Å²) in [7, 11) is 0. The molecular formula is C21H27Cl2N3O2. The minimum absolute atomic E-state index is 0.